The molecule has 138 valence electrons. The summed E-state index contributed by atoms with van der Waals surface area (Å²) in [4.78, 5) is 12.8. The zero-order valence-electron chi connectivity index (χ0n) is 14.5. The standard InChI is InChI=1S/C22H19BrO4/c23-17-11-5-10-15(12-17)19(24)18-13-16(20(25)22(27)21(18)26)9-4-8-14-6-2-1-3-7-14/h1-3,5-7,10-13,25-27H,4,8-9H2. The van der Waals surface area contributed by atoms with Crippen molar-refractivity contribution in [2.24, 2.45) is 0 Å². The molecular formula is C22H19BrO4. The Morgan fingerprint density at radius 1 is 0.815 bits per heavy atom. The van der Waals surface area contributed by atoms with Crippen LogP contribution in [0.3, 0.4) is 0 Å². The average molecular weight is 427 g/mol. The van der Waals surface area contributed by atoms with Gasteiger partial charge in [-0.15, -0.1) is 0 Å². The normalized spacial score (nSPS) is 10.7. The summed E-state index contributed by atoms with van der Waals surface area (Å²) < 4.78 is 0.735. The summed E-state index contributed by atoms with van der Waals surface area (Å²) in [5.74, 6) is -2.07. The van der Waals surface area contributed by atoms with Gasteiger partial charge in [-0.1, -0.05) is 58.4 Å². The molecule has 4 nitrogen and oxygen atoms in total. The predicted octanol–water partition coefficient (Wildman–Crippen LogP) is 4.97. The van der Waals surface area contributed by atoms with Gasteiger partial charge in [-0.3, -0.25) is 4.79 Å². The number of hydrogen-bond donors (Lipinski definition) is 3. The minimum Gasteiger partial charge on any atom is -0.504 e. The molecule has 0 fully saturated rings. The Hall–Kier alpha value is -2.79. The number of aromatic hydroxyl groups is 3. The van der Waals surface area contributed by atoms with Crippen molar-refractivity contribution in [2.75, 3.05) is 0 Å². The van der Waals surface area contributed by atoms with Gasteiger partial charge in [0.15, 0.2) is 17.3 Å². The number of hydrogen-bond acceptors (Lipinski definition) is 4. The van der Waals surface area contributed by atoms with E-state index in [9.17, 15) is 20.1 Å². The van der Waals surface area contributed by atoms with Gasteiger partial charge < -0.3 is 15.3 Å². The fourth-order valence-corrected chi connectivity index (χ4v) is 3.38. The van der Waals surface area contributed by atoms with Crippen LogP contribution >= 0.6 is 15.9 Å². The molecule has 0 aliphatic rings. The fourth-order valence-electron chi connectivity index (χ4n) is 2.98. The van der Waals surface area contributed by atoms with Gasteiger partial charge in [-0.25, -0.2) is 0 Å². The highest BCUT2D eigenvalue weighted by molar-refractivity contribution is 9.10. The van der Waals surface area contributed by atoms with Crippen LogP contribution in [-0.4, -0.2) is 21.1 Å². The quantitative estimate of drug-likeness (QED) is 0.383. The summed E-state index contributed by atoms with van der Waals surface area (Å²) in [6.07, 6.45) is 2.00. The van der Waals surface area contributed by atoms with Crippen LogP contribution in [0.5, 0.6) is 17.2 Å². The van der Waals surface area contributed by atoms with E-state index in [1.54, 1.807) is 24.3 Å². The fraction of sp³-hybridized carbons (Fsp3) is 0.136. The molecule has 3 aromatic rings. The lowest BCUT2D eigenvalue weighted by atomic mass is 9.96. The first kappa shape index (κ1) is 19.0. The highest BCUT2D eigenvalue weighted by Crippen LogP contribution is 2.41. The maximum absolute atomic E-state index is 12.8. The number of aryl methyl sites for hydroxylation is 2. The molecule has 3 N–H and O–H groups in total. The van der Waals surface area contributed by atoms with Crippen molar-refractivity contribution in [3.05, 3.63) is 87.4 Å². The molecule has 0 heterocycles. The van der Waals surface area contributed by atoms with Crippen molar-refractivity contribution in [3.63, 3.8) is 0 Å². The van der Waals surface area contributed by atoms with Crippen molar-refractivity contribution < 1.29 is 20.1 Å². The van der Waals surface area contributed by atoms with Crippen LogP contribution in [0, 0.1) is 0 Å². The van der Waals surface area contributed by atoms with Crippen LogP contribution in [0.1, 0.15) is 33.5 Å². The van der Waals surface area contributed by atoms with Crippen LogP contribution < -0.4 is 0 Å². The van der Waals surface area contributed by atoms with Gasteiger partial charge >= 0.3 is 0 Å². The van der Waals surface area contributed by atoms with Gasteiger partial charge in [0.2, 0.25) is 5.75 Å². The molecule has 27 heavy (non-hydrogen) atoms. The third kappa shape index (κ3) is 4.31. The Morgan fingerprint density at radius 2 is 1.56 bits per heavy atom. The number of carbonyl (C=O) groups is 1. The van der Waals surface area contributed by atoms with E-state index in [1.165, 1.54) is 11.6 Å². The zero-order chi connectivity index (χ0) is 19.4. The molecule has 0 atom stereocenters. The van der Waals surface area contributed by atoms with Gasteiger partial charge in [0.1, 0.15) is 0 Å². The van der Waals surface area contributed by atoms with E-state index in [2.05, 4.69) is 15.9 Å². The first-order valence-electron chi connectivity index (χ1n) is 8.58. The minimum absolute atomic E-state index is 0.0295. The zero-order valence-corrected chi connectivity index (χ0v) is 16.1. The average Bonchev–Trinajstić information content (AvgIpc) is 2.68. The van der Waals surface area contributed by atoms with Gasteiger partial charge in [-0.05, 0) is 48.6 Å². The lowest BCUT2D eigenvalue weighted by Gasteiger charge is -2.12. The van der Waals surface area contributed by atoms with Gasteiger partial charge in [0.25, 0.3) is 0 Å². The maximum Gasteiger partial charge on any atom is 0.201 e. The molecule has 0 bridgehead atoms. The van der Waals surface area contributed by atoms with Gasteiger partial charge in [0, 0.05) is 10.0 Å². The Morgan fingerprint density at radius 3 is 2.26 bits per heavy atom. The summed E-state index contributed by atoms with van der Waals surface area (Å²) in [6.45, 7) is 0. The first-order valence-corrected chi connectivity index (χ1v) is 9.37. The Labute approximate surface area is 165 Å². The molecule has 0 saturated heterocycles. The predicted molar refractivity (Wildman–Crippen MR) is 107 cm³/mol. The SMILES string of the molecule is O=C(c1cccc(Br)c1)c1cc(CCCc2ccccc2)c(O)c(O)c1O. The van der Waals surface area contributed by atoms with Gasteiger partial charge in [-0.2, -0.15) is 0 Å². The van der Waals surface area contributed by atoms with Gasteiger partial charge in [0.05, 0.1) is 5.56 Å². The monoisotopic (exact) mass is 426 g/mol. The largest absolute Gasteiger partial charge is 0.504 e. The second-order valence-corrected chi connectivity index (χ2v) is 7.22. The number of carbonyl (C=O) groups excluding carboxylic acids is 1. The lowest BCUT2D eigenvalue weighted by molar-refractivity contribution is 0.103. The summed E-state index contributed by atoms with van der Waals surface area (Å²) in [6, 6.07) is 18.2. The highest BCUT2D eigenvalue weighted by Gasteiger charge is 2.22. The van der Waals surface area contributed by atoms with Crippen molar-refractivity contribution in [3.8, 4) is 17.2 Å². The molecule has 0 saturated carbocycles. The molecule has 0 aliphatic carbocycles. The summed E-state index contributed by atoms with van der Waals surface area (Å²) in [5, 5.41) is 30.4. The number of ketones is 1. The van der Waals surface area contributed by atoms with Crippen molar-refractivity contribution in [1.29, 1.82) is 0 Å². The number of rotatable bonds is 6. The second-order valence-electron chi connectivity index (χ2n) is 6.31. The van der Waals surface area contributed by atoms with Crippen LogP contribution in [-0.2, 0) is 12.8 Å². The van der Waals surface area contributed by atoms with Crippen molar-refractivity contribution in [2.45, 2.75) is 19.3 Å². The number of benzene rings is 3. The summed E-state index contributed by atoms with van der Waals surface area (Å²) >= 11 is 3.31. The molecular weight excluding hydrogens is 408 g/mol. The van der Waals surface area contributed by atoms with Crippen molar-refractivity contribution in [1.82, 2.24) is 0 Å². The van der Waals surface area contributed by atoms with E-state index < -0.39 is 17.3 Å². The first-order chi connectivity index (χ1) is 13.0. The Bertz CT molecular complexity index is 968. The molecule has 0 unspecified atom stereocenters. The highest BCUT2D eigenvalue weighted by atomic mass is 79.9. The van der Waals surface area contributed by atoms with E-state index in [1.807, 2.05) is 30.3 Å². The molecule has 0 amide bonds. The van der Waals surface area contributed by atoms with E-state index in [-0.39, 0.29) is 11.3 Å². The summed E-state index contributed by atoms with van der Waals surface area (Å²) in [7, 11) is 0. The molecule has 0 radical (unpaired) electrons. The van der Waals surface area contributed by atoms with Crippen LogP contribution in [0.15, 0.2) is 65.1 Å². The van der Waals surface area contributed by atoms with Crippen molar-refractivity contribution >= 4 is 21.7 Å². The number of halogens is 1. The minimum atomic E-state index is -0.662. The second kappa shape index (κ2) is 8.27. The molecule has 0 aliphatic heterocycles. The topological polar surface area (TPSA) is 77.8 Å². The third-order valence-corrected chi connectivity index (χ3v) is 4.91. The number of phenols is 3. The maximum atomic E-state index is 12.8. The molecule has 3 rings (SSSR count). The molecule has 5 heteroatoms. The Kier molecular flexibility index (Phi) is 5.81. The lowest BCUT2D eigenvalue weighted by Crippen LogP contribution is -2.04. The van der Waals surface area contributed by atoms with E-state index >= 15 is 0 Å². The third-order valence-electron chi connectivity index (χ3n) is 4.41. The molecule has 0 spiro atoms. The van der Waals surface area contributed by atoms with Crippen LogP contribution in [0.25, 0.3) is 0 Å². The smallest absolute Gasteiger partial charge is 0.201 e. The van der Waals surface area contributed by atoms with E-state index in [0.717, 1.165) is 17.3 Å². The van der Waals surface area contributed by atoms with Crippen LogP contribution in [0.4, 0.5) is 0 Å². The Balaban J connectivity index is 1.86. The number of phenolic OH excluding ortho intramolecular Hbond substituents is 3. The van der Waals surface area contributed by atoms with E-state index in [4.69, 9.17) is 0 Å². The summed E-state index contributed by atoms with van der Waals surface area (Å²) in [5.41, 5.74) is 1.95. The van der Waals surface area contributed by atoms with E-state index in [0.29, 0.717) is 17.5 Å². The molecule has 3 aromatic carbocycles. The molecule has 0 aromatic heterocycles. The van der Waals surface area contributed by atoms with Crippen LogP contribution in [0.2, 0.25) is 0 Å².